The van der Waals surface area contributed by atoms with Gasteiger partial charge in [-0.3, -0.25) is 15.8 Å². The topological polar surface area (TPSA) is 63.8 Å². The number of benzene rings is 1. The van der Waals surface area contributed by atoms with Gasteiger partial charge in [-0.25, -0.2) is 5.43 Å². The molecule has 4 nitrogen and oxygen atoms in total. The van der Waals surface area contributed by atoms with E-state index in [9.17, 15) is 0 Å². The van der Waals surface area contributed by atoms with Gasteiger partial charge in [-0.2, -0.15) is 0 Å². The van der Waals surface area contributed by atoms with E-state index in [0.29, 0.717) is 0 Å². The third-order valence-electron chi connectivity index (χ3n) is 2.17. The predicted octanol–water partition coefficient (Wildman–Crippen LogP) is 0.767. The molecule has 0 radical (unpaired) electrons. The molecule has 0 aliphatic carbocycles. The molecule has 15 heavy (non-hydrogen) atoms. The summed E-state index contributed by atoms with van der Waals surface area (Å²) >= 11 is 0. The van der Waals surface area contributed by atoms with Crippen molar-refractivity contribution < 1.29 is 0 Å². The second-order valence-electron chi connectivity index (χ2n) is 3.04. The predicted molar refractivity (Wildman–Crippen MR) is 58.4 cm³/mol. The molecular formula is C11H10N4. The van der Waals surface area contributed by atoms with E-state index in [1.807, 2.05) is 18.2 Å². The highest BCUT2D eigenvalue weighted by Gasteiger charge is 2.10. The van der Waals surface area contributed by atoms with Gasteiger partial charge in [0.25, 0.3) is 0 Å². The lowest BCUT2D eigenvalue weighted by Crippen LogP contribution is -2.27. The average Bonchev–Trinajstić information content (AvgIpc) is 2.31. The van der Waals surface area contributed by atoms with Gasteiger partial charge >= 0.3 is 0 Å². The molecule has 4 heteroatoms. The molecule has 0 spiro atoms. The van der Waals surface area contributed by atoms with Crippen molar-refractivity contribution in [3.8, 4) is 12.3 Å². The van der Waals surface area contributed by atoms with E-state index in [-0.39, 0.29) is 6.04 Å². The fraction of sp³-hybridized carbons (Fsp3) is 0.0909. The number of fused-ring (bicyclic) bond motifs is 1. The smallest absolute Gasteiger partial charge is 0.109 e. The van der Waals surface area contributed by atoms with Gasteiger partial charge in [-0.05, 0) is 6.07 Å². The van der Waals surface area contributed by atoms with Crippen LogP contribution in [-0.2, 0) is 0 Å². The molecule has 0 aliphatic heterocycles. The molecule has 0 saturated heterocycles. The number of nitrogens with one attached hydrogen (secondary N) is 1. The molecule has 1 aromatic carbocycles. The number of aromatic nitrogens is 2. The van der Waals surface area contributed by atoms with E-state index in [4.69, 9.17) is 12.3 Å². The molecule has 1 heterocycles. The summed E-state index contributed by atoms with van der Waals surface area (Å²) < 4.78 is 0. The van der Waals surface area contributed by atoms with Gasteiger partial charge in [0.15, 0.2) is 0 Å². The first-order chi connectivity index (χ1) is 7.36. The van der Waals surface area contributed by atoms with E-state index in [1.165, 1.54) is 0 Å². The average molecular weight is 198 g/mol. The summed E-state index contributed by atoms with van der Waals surface area (Å²) in [5, 5.41) is 0. The minimum Gasteiger partial charge on any atom is -0.270 e. The summed E-state index contributed by atoms with van der Waals surface area (Å²) in [6, 6.07) is 5.32. The molecule has 1 unspecified atom stereocenters. The van der Waals surface area contributed by atoms with Gasteiger partial charge < -0.3 is 0 Å². The Bertz CT molecular complexity index is 510. The lowest BCUT2D eigenvalue weighted by Gasteiger charge is -2.10. The van der Waals surface area contributed by atoms with Gasteiger partial charge in [0, 0.05) is 18.0 Å². The Kier molecular flexibility index (Phi) is 2.59. The molecule has 0 saturated carbocycles. The van der Waals surface area contributed by atoms with Gasteiger partial charge in [-0.1, -0.05) is 18.1 Å². The molecule has 0 amide bonds. The Morgan fingerprint density at radius 3 is 2.87 bits per heavy atom. The zero-order valence-corrected chi connectivity index (χ0v) is 8.01. The minimum atomic E-state index is -0.342. The van der Waals surface area contributed by atoms with Crippen molar-refractivity contribution in [3.05, 3.63) is 36.2 Å². The van der Waals surface area contributed by atoms with Crippen LogP contribution in [-0.4, -0.2) is 9.97 Å². The van der Waals surface area contributed by atoms with Crippen LogP contribution in [0.25, 0.3) is 11.0 Å². The van der Waals surface area contributed by atoms with Crippen molar-refractivity contribution in [2.45, 2.75) is 6.04 Å². The van der Waals surface area contributed by atoms with Crippen molar-refractivity contribution in [1.29, 1.82) is 0 Å². The molecule has 74 valence electrons. The number of nitrogens with two attached hydrogens (primary N) is 1. The normalized spacial score (nSPS) is 12.3. The fourth-order valence-electron chi connectivity index (χ4n) is 1.48. The highest BCUT2D eigenvalue weighted by atomic mass is 15.2. The number of hydrogen-bond acceptors (Lipinski definition) is 4. The summed E-state index contributed by atoms with van der Waals surface area (Å²) in [6.07, 6.45) is 8.65. The summed E-state index contributed by atoms with van der Waals surface area (Å²) in [5.74, 6) is 7.92. The summed E-state index contributed by atoms with van der Waals surface area (Å²) in [4.78, 5) is 8.44. The number of terminal acetylenes is 1. The Balaban J connectivity index is 2.66. The molecule has 2 aromatic rings. The monoisotopic (exact) mass is 198 g/mol. The van der Waals surface area contributed by atoms with Crippen molar-refractivity contribution in [2.75, 3.05) is 0 Å². The molecule has 0 fully saturated rings. The molecule has 0 aliphatic rings. The van der Waals surface area contributed by atoms with Gasteiger partial charge in [-0.15, -0.1) is 6.42 Å². The van der Waals surface area contributed by atoms with Crippen molar-refractivity contribution in [3.63, 3.8) is 0 Å². The van der Waals surface area contributed by atoms with Crippen LogP contribution in [0, 0.1) is 12.3 Å². The van der Waals surface area contributed by atoms with Gasteiger partial charge in [0.1, 0.15) is 6.04 Å². The quantitative estimate of drug-likeness (QED) is 0.425. The Morgan fingerprint density at radius 2 is 2.13 bits per heavy atom. The number of hydrogen-bond donors (Lipinski definition) is 2. The summed E-state index contributed by atoms with van der Waals surface area (Å²) in [7, 11) is 0. The van der Waals surface area contributed by atoms with Crippen molar-refractivity contribution in [1.82, 2.24) is 15.4 Å². The van der Waals surface area contributed by atoms with Crippen molar-refractivity contribution >= 4 is 11.0 Å². The molecule has 3 N–H and O–H groups in total. The molecule has 1 aromatic heterocycles. The Morgan fingerprint density at radius 1 is 1.33 bits per heavy atom. The van der Waals surface area contributed by atoms with Gasteiger partial charge in [0.2, 0.25) is 0 Å². The van der Waals surface area contributed by atoms with Crippen LogP contribution in [0.1, 0.15) is 11.6 Å². The molecule has 1 atom stereocenters. The lowest BCUT2D eigenvalue weighted by atomic mass is 10.1. The van der Waals surface area contributed by atoms with Crippen LogP contribution < -0.4 is 11.3 Å². The maximum atomic E-state index is 5.37. The van der Waals surface area contributed by atoms with Crippen molar-refractivity contribution in [2.24, 2.45) is 5.84 Å². The van der Waals surface area contributed by atoms with E-state index < -0.39 is 0 Å². The summed E-state index contributed by atoms with van der Waals surface area (Å²) in [5.41, 5.74) is 5.01. The fourth-order valence-corrected chi connectivity index (χ4v) is 1.48. The number of para-hydroxylation sites is 1. The van der Waals surface area contributed by atoms with Crippen LogP contribution in [0.3, 0.4) is 0 Å². The van der Waals surface area contributed by atoms with Crippen LogP contribution in [0.4, 0.5) is 0 Å². The minimum absolute atomic E-state index is 0.342. The maximum Gasteiger partial charge on any atom is 0.109 e. The van der Waals surface area contributed by atoms with Crippen LogP contribution in [0.2, 0.25) is 0 Å². The second kappa shape index (κ2) is 4.05. The Labute approximate surface area is 87.5 Å². The summed E-state index contributed by atoms with van der Waals surface area (Å²) in [6.45, 7) is 0. The van der Waals surface area contributed by atoms with Crippen LogP contribution in [0.5, 0.6) is 0 Å². The second-order valence-corrected chi connectivity index (χ2v) is 3.04. The first-order valence-corrected chi connectivity index (χ1v) is 4.48. The molecule has 2 rings (SSSR count). The zero-order chi connectivity index (χ0) is 10.7. The van der Waals surface area contributed by atoms with Crippen LogP contribution in [0.15, 0.2) is 30.6 Å². The van der Waals surface area contributed by atoms with E-state index >= 15 is 0 Å². The van der Waals surface area contributed by atoms with E-state index in [2.05, 4.69) is 21.3 Å². The standard InChI is InChI=1S/C11H10N4/c1-2-9(15-12)8-4-3-5-10-11(8)14-7-6-13-10/h1,3-7,9,15H,12H2. The SMILES string of the molecule is C#CC(NN)c1cccc2nccnc12. The third kappa shape index (κ3) is 1.66. The number of rotatable bonds is 2. The first kappa shape index (κ1) is 9.59. The van der Waals surface area contributed by atoms with Gasteiger partial charge in [0.05, 0.1) is 11.0 Å². The molecular weight excluding hydrogens is 188 g/mol. The molecule has 0 bridgehead atoms. The number of hydrazine groups is 1. The highest BCUT2D eigenvalue weighted by molar-refractivity contribution is 5.78. The van der Waals surface area contributed by atoms with Crippen LogP contribution >= 0.6 is 0 Å². The van der Waals surface area contributed by atoms with E-state index in [1.54, 1.807) is 12.4 Å². The first-order valence-electron chi connectivity index (χ1n) is 4.48. The lowest BCUT2D eigenvalue weighted by molar-refractivity contribution is 0.676. The zero-order valence-electron chi connectivity index (χ0n) is 8.01. The van der Waals surface area contributed by atoms with E-state index in [0.717, 1.165) is 16.6 Å². The largest absolute Gasteiger partial charge is 0.270 e. The maximum absolute atomic E-state index is 5.37. The third-order valence-corrected chi connectivity index (χ3v) is 2.17. The number of nitrogens with zero attached hydrogens (tertiary/aromatic N) is 2. The highest BCUT2D eigenvalue weighted by Crippen LogP contribution is 2.19. The Hall–Kier alpha value is -1.96.